The summed E-state index contributed by atoms with van der Waals surface area (Å²) in [5, 5.41) is 0. The number of benzene rings is 1. The SMILES string of the molecule is O=c1ccccn1CCCNS(=O)(=O)c1ccccc1Br. The zero-order chi connectivity index (χ0) is 15.3. The summed E-state index contributed by atoms with van der Waals surface area (Å²) in [6.07, 6.45) is 2.22. The molecule has 7 heteroatoms. The molecule has 0 bridgehead atoms. The molecule has 0 amide bonds. The topological polar surface area (TPSA) is 68.2 Å². The van der Waals surface area contributed by atoms with Crippen molar-refractivity contribution in [2.45, 2.75) is 17.9 Å². The van der Waals surface area contributed by atoms with E-state index in [1.54, 1.807) is 41.1 Å². The lowest BCUT2D eigenvalue weighted by Gasteiger charge is -2.09. The van der Waals surface area contributed by atoms with Gasteiger partial charge in [0.1, 0.15) is 0 Å². The molecule has 112 valence electrons. The van der Waals surface area contributed by atoms with Gasteiger partial charge in [-0.25, -0.2) is 13.1 Å². The molecule has 0 unspecified atom stereocenters. The predicted octanol–water partition coefficient (Wildman–Crippen LogP) is 1.98. The van der Waals surface area contributed by atoms with E-state index < -0.39 is 10.0 Å². The quantitative estimate of drug-likeness (QED) is 0.790. The van der Waals surface area contributed by atoms with Gasteiger partial charge in [-0.05, 0) is 40.5 Å². The summed E-state index contributed by atoms with van der Waals surface area (Å²) in [5.41, 5.74) is -0.0915. The molecule has 0 aliphatic heterocycles. The first-order chi connectivity index (χ1) is 10.0. The minimum atomic E-state index is -3.54. The van der Waals surface area contributed by atoms with Crippen molar-refractivity contribution in [2.75, 3.05) is 6.54 Å². The Kier molecular flexibility index (Phi) is 5.33. The molecule has 1 aromatic carbocycles. The fourth-order valence-corrected chi connectivity index (χ4v) is 3.92. The van der Waals surface area contributed by atoms with Gasteiger partial charge in [-0.3, -0.25) is 4.79 Å². The van der Waals surface area contributed by atoms with Gasteiger partial charge in [-0.2, -0.15) is 0 Å². The number of pyridine rings is 1. The Morgan fingerprint density at radius 1 is 1.10 bits per heavy atom. The van der Waals surface area contributed by atoms with Crippen LogP contribution in [-0.4, -0.2) is 19.5 Å². The van der Waals surface area contributed by atoms with Crippen LogP contribution in [0.5, 0.6) is 0 Å². The first-order valence-electron chi connectivity index (χ1n) is 6.40. The predicted molar refractivity (Wildman–Crippen MR) is 84.6 cm³/mol. The van der Waals surface area contributed by atoms with Gasteiger partial charge in [0.25, 0.3) is 0 Å². The van der Waals surface area contributed by atoms with Gasteiger partial charge in [0.05, 0.1) is 4.90 Å². The van der Waals surface area contributed by atoms with Crippen LogP contribution in [0.15, 0.2) is 62.8 Å². The van der Waals surface area contributed by atoms with Crippen molar-refractivity contribution in [3.8, 4) is 0 Å². The van der Waals surface area contributed by atoms with E-state index in [2.05, 4.69) is 20.7 Å². The van der Waals surface area contributed by atoms with Crippen molar-refractivity contribution in [2.24, 2.45) is 0 Å². The lowest BCUT2D eigenvalue weighted by atomic mass is 10.4. The van der Waals surface area contributed by atoms with Gasteiger partial charge in [0.15, 0.2) is 0 Å². The van der Waals surface area contributed by atoms with Crippen LogP contribution in [0.4, 0.5) is 0 Å². The average molecular weight is 371 g/mol. The maximum Gasteiger partial charge on any atom is 0.250 e. The monoisotopic (exact) mass is 370 g/mol. The van der Waals surface area contributed by atoms with Gasteiger partial charge in [-0.15, -0.1) is 0 Å². The van der Waals surface area contributed by atoms with Crippen LogP contribution in [-0.2, 0) is 16.6 Å². The second-order valence-corrected chi connectivity index (χ2v) is 7.00. The largest absolute Gasteiger partial charge is 0.315 e. The van der Waals surface area contributed by atoms with Crippen LogP contribution in [0, 0.1) is 0 Å². The third-order valence-electron chi connectivity index (χ3n) is 2.89. The van der Waals surface area contributed by atoms with Gasteiger partial charge in [0.2, 0.25) is 15.6 Å². The van der Waals surface area contributed by atoms with Crippen LogP contribution in [0.25, 0.3) is 0 Å². The van der Waals surface area contributed by atoms with Crippen molar-refractivity contribution in [1.82, 2.24) is 9.29 Å². The molecule has 0 radical (unpaired) electrons. The molecule has 0 spiro atoms. The molecule has 0 saturated carbocycles. The first kappa shape index (κ1) is 15.9. The second kappa shape index (κ2) is 7.02. The maximum atomic E-state index is 12.1. The van der Waals surface area contributed by atoms with Gasteiger partial charge < -0.3 is 4.57 Å². The summed E-state index contributed by atoms with van der Waals surface area (Å²) < 4.78 is 28.8. The van der Waals surface area contributed by atoms with Crippen molar-refractivity contribution in [3.05, 3.63) is 63.5 Å². The fraction of sp³-hybridized carbons (Fsp3) is 0.214. The third kappa shape index (κ3) is 4.26. The number of sulfonamides is 1. The maximum absolute atomic E-state index is 12.1. The van der Waals surface area contributed by atoms with E-state index in [0.29, 0.717) is 17.4 Å². The third-order valence-corrected chi connectivity index (χ3v) is 5.37. The molecule has 21 heavy (non-hydrogen) atoms. The van der Waals surface area contributed by atoms with E-state index in [9.17, 15) is 13.2 Å². The summed E-state index contributed by atoms with van der Waals surface area (Å²) in [4.78, 5) is 11.7. The zero-order valence-electron chi connectivity index (χ0n) is 11.2. The molecule has 2 rings (SSSR count). The molecular weight excluding hydrogens is 356 g/mol. The van der Waals surface area contributed by atoms with E-state index in [1.807, 2.05) is 0 Å². The van der Waals surface area contributed by atoms with Crippen LogP contribution in [0.3, 0.4) is 0 Å². The van der Waals surface area contributed by atoms with Crippen LogP contribution >= 0.6 is 15.9 Å². The molecule has 1 N–H and O–H groups in total. The lowest BCUT2D eigenvalue weighted by molar-refractivity contribution is 0.566. The van der Waals surface area contributed by atoms with Gasteiger partial charge >= 0.3 is 0 Å². The summed E-state index contributed by atoms with van der Waals surface area (Å²) in [5.74, 6) is 0. The smallest absolute Gasteiger partial charge is 0.250 e. The van der Waals surface area contributed by atoms with Crippen molar-refractivity contribution < 1.29 is 8.42 Å². The average Bonchev–Trinajstić information content (AvgIpc) is 2.45. The van der Waals surface area contributed by atoms with E-state index in [-0.39, 0.29) is 17.0 Å². The highest BCUT2D eigenvalue weighted by molar-refractivity contribution is 9.10. The fourth-order valence-electron chi connectivity index (χ4n) is 1.84. The highest BCUT2D eigenvalue weighted by Crippen LogP contribution is 2.20. The summed E-state index contributed by atoms with van der Waals surface area (Å²) in [6, 6.07) is 11.6. The summed E-state index contributed by atoms with van der Waals surface area (Å²) in [7, 11) is -3.54. The van der Waals surface area contributed by atoms with Crippen LogP contribution in [0.2, 0.25) is 0 Å². The molecule has 2 aromatic rings. The molecular formula is C14H15BrN2O3S. The highest BCUT2D eigenvalue weighted by atomic mass is 79.9. The van der Waals surface area contributed by atoms with E-state index >= 15 is 0 Å². The Hall–Kier alpha value is -1.44. The first-order valence-corrected chi connectivity index (χ1v) is 8.68. The van der Waals surface area contributed by atoms with Crippen LogP contribution < -0.4 is 10.3 Å². The molecule has 0 atom stereocenters. The number of hydrogen-bond donors (Lipinski definition) is 1. The minimum Gasteiger partial charge on any atom is -0.315 e. The number of hydrogen-bond acceptors (Lipinski definition) is 3. The normalized spacial score (nSPS) is 11.5. The Morgan fingerprint density at radius 2 is 1.81 bits per heavy atom. The molecule has 1 aromatic heterocycles. The Balaban J connectivity index is 1.93. The standard InChI is InChI=1S/C14H15BrN2O3S/c15-12-6-1-2-7-13(12)21(19,20)16-9-5-11-17-10-4-3-8-14(17)18/h1-4,6-8,10,16H,5,9,11H2. The van der Waals surface area contributed by atoms with Gasteiger partial charge in [-0.1, -0.05) is 18.2 Å². The Morgan fingerprint density at radius 3 is 2.52 bits per heavy atom. The highest BCUT2D eigenvalue weighted by Gasteiger charge is 2.15. The Bertz CT molecular complexity index is 772. The van der Waals surface area contributed by atoms with E-state index in [0.717, 1.165) is 0 Å². The Labute approximate surface area is 131 Å². The zero-order valence-corrected chi connectivity index (χ0v) is 13.6. The van der Waals surface area contributed by atoms with E-state index in [1.165, 1.54) is 12.1 Å². The number of nitrogens with zero attached hydrogens (tertiary/aromatic N) is 1. The second-order valence-electron chi connectivity index (χ2n) is 4.41. The molecule has 0 fully saturated rings. The molecule has 1 heterocycles. The van der Waals surface area contributed by atoms with Crippen LogP contribution in [0.1, 0.15) is 6.42 Å². The van der Waals surface area contributed by atoms with Gasteiger partial charge in [0, 0.05) is 29.8 Å². The molecule has 0 aliphatic carbocycles. The van der Waals surface area contributed by atoms with Crippen molar-refractivity contribution in [1.29, 1.82) is 0 Å². The number of rotatable bonds is 6. The minimum absolute atomic E-state index is 0.0915. The number of halogens is 1. The molecule has 0 aliphatic rings. The number of nitrogens with one attached hydrogen (secondary N) is 1. The number of aromatic nitrogens is 1. The molecule has 5 nitrogen and oxygen atoms in total. The summed E-state index contributed by atoms with van der Waals surface area (Å²) in [6.45, 7) is 0.739. The number of aryl methyl sites for hydroxylation is 1. The van der Waals surface area contributed by atoms with Crippen molar-refractivity contribution in [3.63, 3.8) is 0 Å². The molecule has 0 saturated heterocycles. The van der Waals surface area contributed by atoms with Crippen molar-refractivity contribution >= 4 is 26.0 Å². The lowest BCUT2D eigenvalue weighted by Crippen LogP contribution is -2.27. The van der Waals surface area contributed by atoms with E-state index in [4.69, 9.17) is 0 Å². The summed E-state index contributed by atoms with van der Waals surface area (Å²) >= 11 is 3.22.